The highest BCUT2D eigenvalue weighted by atomic mass is 15.5. The van der Waals surface area contributed by atoms with Crippen molar-refractivity contribution in [3.63, 3.8) is 0 Å². The quantitative estimate of drug-likeness (QED) is 0.598. The molecule has 27 heavy (non-hydrogen) atoms. The van der Waals surface area contributed by atoms with Crippen LogP contribution in [0.4, 0.5) is 11.8 Å². The van der Waals surface area contributed by atoms with Gasteiger partial charge in [-0.05, 0) is 30.0 Å². The van der Waals surface area contributed by atoms with E-state index in [-0.39, 0.29) is 0 Å². The van der Waals surface area contributed by atoms with Gasteiger partial charge in [0.1, 0.15) is 5.82 Å². The smallest absolute Gasteiger partial charge is 0.228 e. The average molecular weight is 361 g/mol. The number of hydrogen-bond donors (Lipinski definition) is 1. The van der Waals surface area contributed by atoms with Crippen molar-refractivity contribution in [2.24, 2.45) is 13.0 Å². The van der Waals surface area contributed by atoms with Crippen LogP contribution in [0, 0.1) is 5.92 Å². The minimum Gasteiger partial charge on any atom is -0.306 e. The fraction of sp³-hybridized carbons (Fsp3) is 0.333. The van der Waals surface area contributed by atoms with Gasteiger partial charge in [0, 0.05) is 30.9 Å². The molecule has 9 nitrogen and oxygen atoms in total. The third-order valence-electron chi connectivity index (χ3n) is 5.22. The Bertz CT molecular complexity index is 1140. The van der Waals surface area contributed by atoms with E-state index in [2.05, 4.69) is 60.0 Å². The first-order chi connectivity index (χ1) is 13.1. The van der Waals surface area contributed by atoms with Crippen LogP contribution in [0.15, 0.2) is 30.6 Å². The van der Waals surface area contributed by atoms with Gasteiger partial charge in [-0.2, -0.15) is 9.90 Å². The zero-order valence-corrected chi connectivity index (χ0v) is 15.3. The average Bonchev–Trinajstić information content (AvgIpc) is 3.26. The van der Waals surface area contributed by atoms with E-state index in [9.17, 15) is 0 Å². The van der Waals surface area contributed by atoms with E-state index in [1.807, 2.05) is 12.1 Å². The molecule has 2 unspecified atom stereocenters. The highest BCUT2D eigenvalue weighted by Gasteiger charge is 2.27. The minimum absolute atomic E-state index is 0.426. The lowest BCUT2D eigenvalue weighted by Crippen LogP contribution is -2.20. The Kier molecular flexibility index (Phi) is 3.43. The molecule has 2 atom stereocenters. The predicted molar refractivity (Wildman–Crippen MR) is 99.6 cm³/mol. The van der Waals surface area contributed by atoms with E-state index in [1.54, 1.807) is 19.4 Å². The zero-order chi connectivity index (χ0) is 18.5. The van der Waals surface area contributed by atoms with Gasteiger partial charge in [0.2, 0.25) is 5.95 Å². The molecule has 1 aliphatic rings. The second kappa shape index (κ2) is 5.83. The first kappa shape index (κ1) is 15.9. The van der Waals surface area contributed by atoms with E-state index in [0.29, 0.717) is 23.6 Å². The number of nitrogens with zero attached hydrogens (tertiary/aromatic N) is 8. The summed E-state index contributed by atoms with van der Waals surface area (Å²) in [5.41, 5.74) is 3.91. The van der Waals surface area contributed by atoms with Gasteiger partial charge in [0.05, 0.1) is 11.9 Å². The van der Waals surface area contributed by atoms with Crippen molar-refractivity contribution >= 4 is 17.4 Å². The normalized spacial score (nSPS) is 18.8. The monoisotopic (exact) mass is 361 g/mol. The third-order valence-corrected chi connectivity index (χ3v) is 5.22. The van der Waals surface area contributed by atoms with Crippen molar-refractivity contribution in [1.29, 1.82) is 0 Å². The van der Waals surface area contributed by atoms with Gasteiger partial charge in [0.15, 0.2) is 11.5 Å². The molecule has 5 heterocycles. The summed E-state index contributed by atoms with van der Waals surface area (Å²) in [5.74, 6) is 3.06. The number of rotatable bonds is 3. The summed E-state index contributed by atoms with van der Waals surface area (Å²) in [4.78, 5) is 10.4. The molecule has 1 N–H and O–H groups in total. The number of aryl methyl sites for hydroxylation is 1. The molecule has 4 aromatic rings. The fourth-order valence-corrected chi connectivity index (χ4v) is 3.58. The van der Waals surface area contributed by atoms with Crippen LogP contribution in [0.5, 0.6) is 0 Å². The van der Waals surface area contributed by atoms with Crippen LogP contribution in [0.2, 0.25) is 0 Å². The van der Waals surface area contributed by atoms with Crippen molar-refractivity contribution in [2.75, 3.05) is 5.32 Å². The van der Waals surface area contributed by atoms with Gasteiger partial charge >= 0.3 is 0 Å². The molecule has 9 heteroatoms. The Morgan fingerprint density at radius 3 is 2.89 bits per heavy atom. The van der Waals surface area contributed by atoms with Crippen molar-refractivity contribution < 1.29 is 0 Å². The molecule has 5 rings (SSSR count). The van der Waals surface area contributed by atoms with Crippen LogP contribution < -0.4 is 5.32 Å². The van der Waals surface area contributed by atoms with Crippen LogP contribution in [0.1, 0.15) is 31.3 Å². The SMILES string of the molecule is CC1Cc2nnc3cc(-c4ccnc(Nc5cnn(C)n5)n4)cc(n23)C1C. The number of aromatic nitrogens is 8. The maximum atomic E-state index is 4.64. The summed E-state index contributed by atoms with van der Waals surface area (Å²) in [6, 6.07) is 6.11. The largest absolute Gasteiger partial charge is 0.306 e. The van der Waals surface area contributed by atoms with E-state index in [4.69, 9.17) is 0 Å². The molecule has 0 aliphatic carbocycles. The molecule has 0 saturated carbocycles. The maximum absolute atomic E-state index is 4.64. The predicted octanol–water partition coefficient (Wildman–Crippen LogP) is 2.35. The summed E-state index contributed by atoms with van der Waals surface area (Å²) in [7, 11) is 1.76. The Labute approximate surface area is 155 Å². The molecular weight excluding hydrogens is 342 g/mol. The minimum atomic E-state index is 0.426. The van der Waals surface area contributed by atoms with Crippen LogP contribution in [0.25, 0.3) is 16.9 Å². The molecule has 0 bridgehead atoms. The van der Waals surface area contributed by atoms with Gasteiger partial charge in [-0.1, -0.05) is 13.8 Å². The number of nitrogens with one attached hydrogen (secondary N) is 1. The van der Waals surface area contributed by atoms with Gasteiger partial charge in [0.25, 0.3) is 0 Å². The lowest BCUT2D eigenvalue weighted by Gasteiger charge is -2.26. The van der Waals surface area contributed by atoms with Gasteiger partial charge in [-0.25, -0.2) is 9.97 Å². The Morgan fingerprint density at radius 1 is 1.19 bits per heavy atom. The second-order valence-electron chi connectivity index (χ2n) is 7.06. The summed E-state index contributed by atoms with van der Waals surface area (Å²) in [5, 5.41) is 20.1. The van der Waals surface area contributed by atoms with Gasteiger partial charge in [-0.15, -0.1) is 15.3 Å². The summed E-state index contributed by atoms with van der Waals surface area (Å²) in [6.07, 6.45) is 4.32. The van der Waals surface area contributed by atoms with Gasteiger partial charge in [-0.3, -0.25) is 4.40 Å². The number of pyridine rings is 1. The lowest BCUT2D eigenvalue weighted by atomic mass is 9.86. The molecule has 0 saturated heterocycles. The number of anilines is 2. The highest BCUT2D eigenvalue weighted by molar-refractivity contribution is 5.67. The molecule has 0 fully saturated rings. The van der Waals surface area contributed by atoms with Crippen molar-refractivity contribution in [3.8, 4) is 11.3 Å². The molecule has 0 amide bonds. The summed E-state index contributed by atoms with van der Waals surface area (Å²) >= 11 is 0. The molecule has 0 aromatic carbocycles. The van der Waals surface area contributed by atoms with Crippen LogP contribution in [0.3, 0.4) is 0 Å². The molecular formula is C18H19N9. The third kappa shape index (κ3) is 2.62. The van der Waals surface area contributed by atoms with Crippen LogP contribution in [-0.2, 0) is 13.5 Å². The van der Waals surface area contributed by atoms with Crippen molar-refractivity contribution in [2.45, 2.75) is 26.2 Å². The molecule has 1 aliphatic heterocycles. The van der Waals surface area contributed by atoms with Crippen molar-refractivity contribution in [3.05, 3.63) is 42.1 Å². The fourth-order valence-electron chi connectivity index (χ4n) is 3.58. The van der Waals surface area contributed by atoms with Gasteiger partial charge < -0.3 is 5.32 Å². The summed E-state index contributed by atoms with van der Waals surface area (Å²) < 4.78 is 2.17. The van der Waals surface area contributed by atoms with E-state index >= 15 is 0 Å². The molecule has 0 spiro atoms. The highest BCUT2D eigenvalue weighted by Crippen LogP contribution is 2.35. The second-order valence-corrected chi connectivity index (χ2v) is 7.06. The molecule has 136 valence electrons. The lowest BCUT2D eigenvalue weighted by molar-refractivity contribution is 0.432. The zero-order valence-electron chi connectivity index (χ0n) is 15.3. The topological polar surface area (TPSA) is 98.7 Å². The standard InChI is InChI=1S/C18H19N9/c1-10-6-16-23-24-17-8-12(7-14(11(10)2)27(16)17)13-4-5-19-18(21-13)22-15-9-20-26(3)25-15/h4-5,7-11H,6H2,1-3H3,(H,19,21,22,25). The van der Waals surface area contributed by atoms with Crippen LogP contribution in [-0.4, -0.2) is 39.6 Å². The van der Waals surface area contributed by atoms with E-state index in [1.165, 1.54) is 10.5 Å². The molecule has 4 aromatic heterocycles. The number of hydrogen-bond acceptors (Lipinski definition) is 7. The van der Waals surface area contributed by atoms with E-state index in [0.717, 1.165) is 29.1 Å². The summed E-state index contributed by atoms with van der Waals surface area (Å²) in [6.45, 7) is 4.52. The van der Waals surface area contributed by atoms with Crippen molar-refractivity contribution in [1.82, 2.24) is 39.6 Å². The maximum Gasteiger partial charge on any atom is 0.228 e. The Hall–Kier alpha value is -3.36. The van der Waals surface area contributed by atoms with Crippen LogP contribution >= 0.6 is 0 Å². The molecule has 0 radical (unpaired) electrons. The Balaban J connectivity index is 1.57. The Morgan fingerprint density at radius 2 is 2.07 bits per heavy atom. The first-order valence-corrected chi connectivity index (χ1v) is 8.93. The first-order valence-electron chi connectivity index (χ1n) is 8.93. The van der Waals surface area contributed by atoms with E-state index < -0.39 is 0 Å².